The monoisotopic (exact) mass is 270 g/mol. The van der Waals surface area contributed by atoms with E-state index in [4.69, 9.17) is 27.9 Å². The molecule has 5 nitrogen and oxygen atoms in total. The summed E-state index contributed by atoms with van der Waals surface area (Å²) in [5.74, 6) is -1.35. The Kier molecular flexibility index (Phi) is 3.97. The first-order valence-electron chi connectivity index (χ1n) is 4.58. The first-order valence-corrected chi connectivity index (χ1v) is 5.45. The van der Waals surface area contributed by atoms with Crippen LogP contribution in [0.25, 0.3) is 0 Å². The Morgan fingerprint density at radius 1 is 1.38 bits per heavy atom. The van der Waals surface area contributed by atoms with Crippen molar-refractivity contribution in [2.75, 3.05) is 0 Å². The zero-order valence-electron chi connectivity index (χ0n) is 8.68. The molecule has 0 aromatic heterocycles. The molecule has 1 saturated heterocycles. The quantitative estimate of drug-likeness (QED) is 0.696. The third kappa shape index (κ3) is 1.98. The van der Waals surface area contributed by atoms with Gasteiger partial charge in [0, 0.05) is 0 Å². The van der Waals surface area contributed by atoms with E-state index >= 15 is 0 Å². The smallest absolute Gasteiger partial charge is 0.171 e. The topological polar surface area (TPSA) is 83.8 Å². The minimum Gasteiger partial charge on any atom is -0.382 e. The number of rotatable bonds is 3. The van der Waals surface area contributed by atoms with Crippen LogP contribution in [-0.2, 0) is 14.3 Å². The van der Waals surface area contributed by atoms with Gasteiger partial charge in [-0.3, -0.25) is 9.59 Å². The maximum absolute atomic E-state index is 11.4. The van der Waals surface area contributed by atoms with Gasteiger partial charge in [0.25, 0.3) is 0 Å². The zero-order valence-corrected chi connectivity index (χ0v) is 10.2. The number of ether oxygens (including phenoxy) is 1. The van der Waals surface area contributed by atoms with Gasteiger partial charge in [-0.1, -0.05) is 11.6 Å². The van der Waals surface area contributed by atoms with Crippen LogP contribution in [0.3, 0.4) is 0 Å². The molecule has 0 aromatic carbocycles. The van der Waals surface area contributed by atoms with Crippen molar-refractivity contribution in [2.45, 2.75) is 42.6 Å². The molecule has 2 N–H and O–H groups in total. The molecule has 1 unspecified atom stereocenters. The largest absolute Gasteiger partial charge is 0.382 e. The molecule has 1 rings (SSSR count). The van der Waals surface area contributed by atoms with E-state index in [0.717, 1.165) is 13.8 Å². The molecule has 0 aromatic rings. The third-order valence-electron chi connectivity index (χ3n) is 2.63. The van der Waals surface area contributed by atoms with Crippen molar-refractivity contribution in [3.8, 4) is 0 Å². The molecule has 92 valence electrons. The minimum atomic E-state index is -2.15. The highest BCUT2D eigenvalue weighted by Gasteiger charge is 2.60. The van der Waals surface area contributed by atoms with E-state index in [0.29, 0.717) is 0 Å². The third-order valence-corrected chi connectivity index (χ3v) is 3.67. The van der Waals surface area contributed by atoms with Crippen LogP contribution in [0.2, 0.25) is 0 Å². The number of ketones is 2. The van der Waals surface area contributed by atoms with Crippen LogP contribution in [0, 0.1) is 0 Å². The fraction of sp³-hybridized carbons (Fsp3) is 0.778. The minimum absolute atomic E-state index is 0.640. The second-order valence-electron chi connectivity index (χ2n) is 3.75. The van der Waals surface area contributed by atoms with Gasteiger partial charge in [-0.05, 0) is 13.8 Å². The Morgan fingerprint density at radius 2 is 1.88 bits per heavy atom. The standard InChI is InChI=1S/C9H12Cl2O5/c1-3(12)5(14)7-9(15,4(2)13)6(10)8(11)16-7/h5-8,14-15H,1-2H3/t5?,6-,7+,8-,9-/m0/s1. The van der Waals surface area contributed by atoms with Crippen molar-refractivity contribution in [2.24, 2.45) is 0 Å². The fourth-order valence-electron chi connectivity index (χ4n) is 1.59. The van der Waals surface area contributed by atoms with E-state index in [-0.39, 0.29) is 0 Å². The van der Waals surface area contributed by atoms with Crippen molar-refractivity contribution >= 4 is 34.8 Å². The van der Waals surface area contributed by atoms with Crippen molar-refractivity contribution in [1.82, 2.24) is 0 Å². The molecule has 0 bridgehead atoms. The maximum Gasteiger partial charge on any atom is 0.171 e. The van der Waals surface area contributed by atoms with E-state index in [1.807, 2.05) is 0 Å². The summed E-state index contributed by atoms with van der Waals surface area (Å²) in [6.45, 7) is 2.20. The highest BCUT2D eigenvalue weighted by molar-refractivity contribution is 6.31. The van der Waals surface area contributed by atoms with Crippen LogP contribution in [-0.4, -0.2) is 50.5 Å². The van der Waals surface area contributed by atoms with Gasteiger partial charge in [-0.25, -0.2) is 0 Å². The van der Waals surface area contributed by atoms with Gasteiger partial charge in [0.2, 0.25) is 0 Å². The van der Waals surface area contributed by atoms with Crippen molar-refractivity contribution in [3.05, 3.63) is 0 Å². The van der Waals surface area contributed by atoms with E-state index < -0.39 is 40.3 Å². The molecule has 7 heteroatoms. The summed E-state index contributed by atoms with van der Waals surface area (Å²) < 4.78 is 4.97. The van der Waals surface area contributed by atoms with E-state index in [1.54, 1.807) is 0 Å². The average molecular weight is 271 g/mol. The molecule has 0 spiro atoms. The van der Waals surface area contributed by atoms with Crippen LogP contribution in [0.4, 0.5) is 0 Å². The normalized spacial score (nSPS) is 40.8. The molecule has 0 radical (unpaired) electrons. The molecule has 5 atom stereocenters. The summed E-state index contributed by atoms with van der Waals surface area (Å²) in [5, 5.41) is 18.4. The number of Topliss-reactive ketones (excluding diaryl/α,β-unsaturated/α-hetero) is 2. The van der Waals surface area contributed by atoms with Gasteiger partial charge < -0.3 is 14.9 Å². The van der Waals surface area contributed by atoms with Crippen molar-refractivity contribution < 1.29 is 24.5 Å². The lowest BCUT2D eigenvalue weighted by atomic mass is 9.87. The average Bonchev–Trinajstić information content (AvgIpc) is 2.42. The second-order valence-corrected chi connectivity index (χ2v) is 4.65. The SMILES string of the molecule is CC(=O)C(O)[C@H]1O[C@H](Cl)[C@H](Cl)[C@@]1(O)C(C)=O. The summed E-state index contributed by atoms with van der Waals surface area (Å²) in [6.07, 6.45) is -3.08. The van der Waals surface area contributed by atoms with Gasteiger partial charge in [0.15, 0.2) is 22.7 Å². The Balaban J connectivity index is 3.09. The van der Waals surface area contributed by atoms with E-state index in [2.05, 4.69) is 0 Å². The van der Waals surface area contributed by atoms with Crippen molar-refractivity contribution in [3.63, 3.8) is 0 Å². The number of aliphatic hydroxyl groups is 2. The highest BCUT2D eigenvalue weighted by atomic mass is 35.5. The summed E-state index contributed by atoms with van der Waals surface area (Å²) in [4.78, 5) is 22.4. The van der Waals surface area contributed by atoms with E-state index in [1.165, 1.54) is 0 Å². The van der Waals surface area contributed by atoms with Crippen LogP contribution < -0.4 is 0 Å². The summed E-state index contributed by atoms with van der Waals surface area (Å²) in [5.41, 5.74) is -3.30. The maximum atomic E-state index is 11.4. The Morgan fingerprint density at radius 3 is 2.25 bits per heavy atom. The number of carbonyl (C=O) groups is 2. The highest BCUT2D eigenvalue weighted by Crippen LogP contribution is 2.39. The number of hydrogen-bond donors (Lipinski definition) is 2. The summed E-state index contributed by atoms with van der Waals surface area (Å²) in [6, 6.07) is 0. The van der Waals surface area contributed by atoms with Gasteiger partial charge >= 0.3 is 0 Å². The second kappa shape index (κ2) is 4.58. The molecule has 1 aliphatic rings. The van der Waals surface area contributed by atoms with Crippen molar-refractivity contribution in [1.29, 1.82) is 0 Å². The van der Waals surface area contributed by atoms with Crippen LogP contribution in [0.1, 0.15) is 13.8 Å². The van der Waals surface area contributed by atoms with Crippen LogP contribution in [0.15, 0.2) is 0 Å². The number of aliphatic hydroxyl groups excluding tert-OH is 1. The molecule has 1 fully saturated rings. The molecule has 16 heavy (non-hydrogen) atoms. The van der Waals surface area contributed by atoms with Gasteiger partial charge in [0.1, 0.15) is 17.6 Å². The fourth-order valence-corrected chi connectivity index (χ4v) is 2.23. The molecule has 0 aliphatic carbocycles. The predicted octanol–water partition coefficient (Wildman–Crippen LogP) is -0.173. The van der Waals surface area contributed by atoms with Crippen LogP contribution >= 0.6 is 23.2 Å². The van der Waals surface area contributed by atoms with Gasteiger partial charge in [0.05, 0.1) is 0 Å². The lowest BCUT2D eigenvalue weighted by Crippen LogP contribution is -2.56. The lowest BCUT2D eigenvalue weighted by Gasteiger charge is -2.29. The lowest BCUT2D eigenvalue weighted by molar-refractivity contribution is -0.155. The number of hydrogen-bond acceptors (Lipinski definition) is 5. The van der Waals surface area contributed by atoms with E-state index in [9.17, 15) is 19.8 Å². The summed E-state index contributed by atoms with van der Waals surface area (Å²) in [7, 11) is 0. The molecule has 0 saturated carbocycles. The molecule has 1 aliphatic heterocycles. The molecular formula is C9H12Cl2O5. The number of alkyl halides is 2. The number of carbonyl (C=O) groups excluding carboxylic acids is 2. The summed E-state index contributed by atoms with van der Waals surface area (Å²) >= 11 is 11.4. The predicted molar refractivity (Wildman–Crippen MR) is 56.5 cm³/mol. The molecule has 1 heterocycles. The Labute approximate surface area is 102 Å². The zero-order chi connectivity index (χ0) is 12.7. The first kappa shape index (κ1) is 13.9. The molecule has 0 amide bonds. The number of halogens is 2. The van der Waals surface area contributed by atoms with Crippen LogP contribution in [0.5, 0.6) is 0 Å². The van der Waals surface area contributed by atoms with Gasteiger partial charge in [-0.2, -0.15) is 0 Å². The van der Waals surface area contributed by atoms with Gasteiger partial charge in [-0.15, -0.1) is 11.6 Å². The Hall–Kier alpha value is -0.200. The Bertz CT molecular complexity index is 321. The molecular weight excluding hydrogens is 259 g/mol. The first-order chi connectivity index (χ1) is 7.22.